The molecule has 142 valence electrons. The highest BCUT2D eigenvalue weighted by Gasteiger charge is 2.42. The van der Waals surface area contributed by atoms with Crippen LogP contribution in [0.25, 0.3) is 0 Å². The number of rotatable bonds is 4. The molecular formula is C20H27FN2O3. The van der Waals surface area contributed by atoms with Gasteiger partial charge in [-0.1, -0.05) is 6.07 Å². The number of carbonyl (C=O) groups excluding carboxylic acids is 2. The number of nitrogens with zero attached hydrogens (tertiary/aromatic N) is 1. The average molecular weight is 362 g/mol. The molecule has 1 fully saturated rings. The quantitative estimate of drug-likeness (QED) is 0.878. The van der Waals surface area contributed by atoms with Crippen molar-refractivity contribution in [3.8, 4) is 0 Å². The Morgan fingerprint density at radius 2 is 2.04 bits per heavy atom. The van der Waals surface area contributed by atoms with E-state index in [1.165, 1.54) is 0 Å². The van der Waals surface area contributed by atoms with Gasteiger partial charge in [-0.2, -0.15) is 0 Å². The third-order valence-corrected chi connectivity index (χ3v) is 5.25. The topological polar surface area (TPSA) is 58.6 Å². The molecule has 0 spiro atoms. The number of fused-ring (bicyclic) bond motifs is 1. The molecule has 0 unspecified atom stereocenters. The number of nitrogens with one attached hydrogen (secondary N) is 1. The second-order valence-corrected chi connectivity index (χ2v) is 8.51. The van der Waals surface area contributed by atoms with Crippen LogP contribution in [0.2, 0.25) is 0 Å². The molecule has 1 N–H and O–H groups in total. The molecule has 3 rings (SSSR count). The smallest absolute Gasteiger partial charge is 0.411 e. The Kier molecular flexibility index (Phi) is 4.71. The van der Waals surface area contributed by atoms with Crippen molar-refractivity contribution in [1.82, 2.24) is 10.2 Å². The highest BCUT2D eigenvalue weighted by molar-refractivity contribution is 5.98. The van der Waals surface area contributed by atoms with Gasteiger partial charge in [0.05, 0.1) is 0 Å². The summed E-state index contributed by atoms with van der Waals surface area (Å²) < 4.78 is 19.1. The van der Waals surface area contributed by atoms with Crippen molar-refractivity contribution in [3.63, 3.8) is 0 Å². The fraction of sp³-hybridized carbons (Fsp3) is 0.600. The average Bonchev–Trinajstić information content (AvgIpc) is 2.89. The first-order valence-corrected chi connectivity index (χ1v) is 9.12. The lowest BCUT2D eigenvalue weighted by Gasteiger charge is -2.47. The summed E-state index contributed by atoms with van der Waals surface area (Å²) in [7, 11) is 0. The number of benzene rings is 1. The number of hydrogen-bond acceptors (Lipinski definition) is 3. The molecular weight excluding hydrogens is 335 g/mol. The SMILES string of the molecule is CC(C)(C)OC(=O)N(Cc1cc(CF)c2c(c1)C(=O)NC2)C1(C)CCC1. The minimum atomic E-state index is -0.630. The van der Waals surface area contributed by atoms with Crippen molar-refractivity contribution in [2.75, 3.05) is 0 Å². The van der Waals surface area contributed by atoms with Gasteiger partial charge in [-0.05, 0) is 69.7 Å². The summed E-state index contributed by atoms with van der Waals surface area (Å²) in [6.45, 7) is 7.61. The van der Waals surface area contributed by atoms with Crippen LogP contribution >= 0.6 is 0 Å². The Bertz CT molecular complexity index is 735. The maximum Gasteiger partial charge on any atom is 0.411 e. The zero-order valence-corrected chi connectivity index (χ0v) is 15.9. The molecule has 0 atom stereocenters. The molecule has 6 heteroatoms. The van der Waals surface area contributed by atoms with Crippen molar-refractivity contribution >= 4 is 12.0 Å². The van der Waals surface area contributed by atoms with E-state index in [-0.39, 0.29) is 17.5 Å². The summed E-state index contributed by atoms with van der Waals surface area (Å²) in [6.07, 6.45) is 2.52. The Hall–Kier alpha value is -2.11. The lowest BCUT2D eigenvalue weighted by Crippen LogP contribution is -2.54. The largest absolute Gasteiger partial charge is 0.444 e. The molecule has 1 saturated carbocycles. The van der Waals surface area contributed by atoms with E-state index in [2.05, 4.69) is 12.2 Å². The summed E-state index contributed by atoms with van der Waals surface area (Å²) in [6, 6.07) is 3.54. The molecule has 1 aliphatic heterocycles. The minimum absolute atomic E-state index is 0.185. The molecule has 1 aliphatic carbocycles. The van der Waals surface area contributed by atoms with Crippen LogP contribution in [0.3, 0.4) is 0 Å². The van der Waals surface area contributed by atoms with Crippen LogP contribution in [0.5, 0.6) is 0 Å². The molecule has 1 heterocycles. The first-order valence-electron chi connectivity index (χ1n) is 9.12. The molecule has 1 aromatic rings. The fourth-order valence-electron chi connectivity index (χ4n) is 3.62. The third kappa shape index (κ3) is 3.55. The van der Waals surface area contributed by atoms with E-state index in [0.29, 0.717) is 24.2 Å². The van der Waals surface area contributed by atoms with Crippen molar-refractivity contribution in [2.24, 2.45) is 0 Å². The number of ether oxygens (including phenoxy) is 1. The summed E-state index contributed by atoms with van der Waals surface area (Å²) in [4.78, 5) is 26.6. The highest BCUT2D eigenvalue weighted by Crippen LogP contribution is 2.39. The van der Waals surface area contributed by atoms with E-state index in [0.717, 1.165) is 30.4 Å². The lowest BCUT2D eigenvalue weighted by atomic mass is 9.77. The zero-order valence-electron chi connectivity index (χ0n) is 15.9. The van der Waals surface area contributed by atoms with E-state index in [1.807, 2.05) is 20.8 Å². The van der Waals surface area contributed by atoms with E-state index in [1.54, 1.807) is 17.0 Å². The monoisotopic (exact) mass is 362 g/mol. The van der Waals surface area contributed by atoms with Crippen LogP contribution in [0.4, 0.5) is 9.18 Å². The first-order chi connectivity index (χ1) is 12.1. The predicted molar refractivity (Wildman–Crippen MR) is 96.5 cm³/mol. The molecule has 0 aromatic heterocycles. The van der Waals surface area contributed by atoms with Gasteiger partial charge in [-0.15, -0.1) is 0 Å². The molecule has 2 aliphatic rings. The van der Waals surface area contributed by atoms with Gasteiger partial charge >= 0.3 is 6.09 Å². The molecule has 0 radical (unpaired) electrons. The molecule has 2 amide bonds. The summed E-state index contributed by atoms with van der Waals surface area (Å²) >= 11 is 0. The van der Waals surface area contributed by atoms with Crippen LogP contribution < -0.4 is 5.32 Å². The van der Waals surface area contributed by atoms with Gasteiger partial charge < -0.3 is 10.1 Å². The first kappa shape index (κ1) is 18.7. The Labute approximate surface area is 153 Å². The summed E-state index contributed by atoms with van der Waals surface area (Å²) in [5.74, 6) is -0.185. The van der Waals surface area contributed by atoms with Crippen LogP contribution in [-0.4, -0.2) is 28.0 Å². The number of carbonyl (C=O) groups is 2. The van der Waals surface area contributed by atoms with Gasteiger partial charge in [0.2, 0.25) is 0 Å². The van der Waals surface area contributed by atoms with Crippen LogP contribution in [-0.2, 0) is 24.5 Å². The third-order valence-electron chi connectivity index (χ3n) is 5.25. The zero-order chi connectivity index (χ0) is 19.1. The molecule has 26 heavy (non-hydrogen) atoms. The lowest BCUT2D eigenvalue weighted by molar-refractivity contribution is -0.0238. The van der Waals surface area contributed by atoms with Crippen molar-refractivity contribution in [1.29, 1.82) is 0 Å². The van der Waals surface area contributed by atoms with Gasteiger partial charge in [0.1, 0.15) is 12.3 Å². The summed E-state index contributed by atoms with van der Waals surface area (Å²) in [5.41, 5.74) is 1.65. The van der Waals surface area contributed by atoms with Crippen molar-refractivity contribution in [3.05, 3.63) is 34.4 Å². The number of amides is 2. The number of halogens is 1. The van der Waals surface area contributed by atoms with Crippen molar-refractivity contribution in [2.45, 2.75) is 77.9 Å². The molecule has 5 nitrogen and oxygen atoms in total. The van der Waals surface area contributed by atoms with E-state index >= 15 is 0 Å². The maximum absolute atomic E-state index is 13.5. The van der Waals surface area contributed by atoms with Crippen molar-refractivity contribution < 1.29 is 18.7 Å². The van der Waals surface area contributed by atoms with Gasteiger partial charge in [0, 0.05) is 24.2 Å². The van der Waals surface area contributed by atoms with Gasteiger partial charge in [-0.3, -0.25) is 9.69 Å². The summed E-state index contributed by atoms with van der Waals surface area (Å²) in [5, 5.41) is 2.74. The van der Waals surface area contributed by atoms with E-state index in [9.17, 15) is 14.0 Å². The second-order valence-electron chi connectivity index (χ2n) is 8.51. The predicted octanol–water partition coefficient (Wildman–Crippen LogP) is 4.08. The van der Waals surface area contributed by atoms with E-state index in [4.69, 9.17) is 4.74 Å². The fourth-order valence-corrected chi connectivity index (χ4v) is 3.62. The molecule has 1 aromatic carbocycles. The number of alkyl halides is 1. The van der Waals surface area contributed by atoms with E-state index < -0.39 is 12.3 Å². The Morgan fingerprint density at radius 3 is 2.58 bits per heavy atom. The molecule has 0 saturated heterocycles. The number of hydrogen-bond donors (Lipinski definition) is 1. The van der Waals surface area contributed by atoms with Crippen LogP contribution in [0.1, 0.15) is 74.0 Å². The Morgan fingerprint density at radius 1 is 1.35 bits per heavy atom. The maximum atomic E-state index is 13.5. The standard InChI is InChI=1S/C20H27FN2O3/c1-19(2,3)26-18(25)23(20(4)6-5-7-20)12-13-8-14(10-21)16-11-22-17(24)15(16)9-13/h8-9H,5-7,10-12H2,1-4H3,(H,22,24). The minimum Gasteiger partial charge on any atom is -0.444 e. The molecule has 0 bridgehead atoms. The van der Waals surface area contributed by atoms with Gasteiger partial charge in [0.15, 0.2) is 0 Å². The van der Waals surface area contributed by atoms with Crippen LogP contribution in [0, 0.1) is 0 Å². The van der Waals surface area contributed by atoms with Gasteiger partial charge in [-0.25, -0.2) is 9.18 Å². The normalized spacial score (nSPS) is 18.0. The Balaban J connectivity index is 1.91. The van der Waals surface area contributed by atoms with Gasteiger partial charge in [0.25, 0.3) is 5.91 Å². The second kappa shape index (κ2) is 6.56. The van der Waals surface area contributed by atoms with Crippen LogP contribution in [0.15, 0.2) is 12.1 Å². The highest BCUT2D eigenvalue weighted by atomic mass is 19.1.